The van der Waals surface area contributed by atoms with E-state index in [-0.39, 0.29) is 0 Å². The van der Waals surface area contributed by atoms with Gasteiger partial charge in [0.1, 0.15) is 0 Å². The molecular weight excluding hydrogens is 210 g/mol. The van der Waals surface area contributed by atoms with E-state index in [1.807, 2.05) is 55.7 Å². The zero-order chi connectivity index (χ0) is 12.7. The number of aryl methyl sites for hydroxylation is 1. The molecule has 0 aliphatic rings. The van der Waals surface area contributed by atoms with Crippen LogP contribution in [0.4, 0.5) is 0 Å². The van der Waals surface area contributed by atoms with Crippen molar-refractivity contribution in [2.75, 3.05) is 0 Å². The van der Waals surface area contributed by atoms with Gasteiger partial charge in [-0.1, -0.05) is 44.2 Å². The zero-order valence-corrected chi connectivity index (χ0v) is 10.7. The lowest BCUT2D eigenvalue weighted by atomic mass is 10.2. The van der Waals surface area contributed by atoms with E-state index in [9.17, 15) is 4.79 Å². The fourth-order valence-corrected chi connectivity index (χ4v) is 1.67. The summed E-state index contributed by atoms with van der Waals surface area (Å²) in [6.07, 6.45) is 0.899. The van der Waals surface area contributed by atoms with E-state index < -0.39 is 0 Å². The van der Waals surface area contributed by atoms with Crippen LogP contribution < -0.4 is 0 Å². The van der Waals surface area contributed by atoms with Crippen LogP contribution in [0.1, 0.15) is 35.6 Å². The monoisotopic (exact) mass is 229 g/mol. The number of hydrogen-bond donors (Lipinski definition) is 0. The van der Waals surface area contributed by atoms with Gasteiger partial charge in [-0.3, -0.25) is 4.79 Å². The number of benzene rings is 1. The molecule has 0 N–H and O–H groups in total. The molecule has 2 heteroatoms. The number of nitrogens with zero attached hydrogens (tertiary/aromatic N) is 1. The van der Waals surface area contributed by atoms with Crippen LogP contribution in [-0.2, 0) is 6.54 Å². The summed E-state index contributed by atoms with van der Waals surface area (Å²) in [5.41, 5.74) is 3.05. The SMILES string of the molecule is CC.Cc1ccc(C=O)n1Cc1ccccc1. The lowest BCUT2D eigenvalue weighted by Gasteiger charge is -2.08. The van der Waals surface area contributed by atoms with Crippen LogP contribution in [0.5, 0.6) is 0 Å². The molecule has 0 radical (unpaired) electrons. The van der Waals surface area contributed by atoms with Crippen molar-refractivity contribution in [1.29, 1.82) is 0 Å². The summed E-state index contributed by atoms with van der Waals surface area (Å²) in [7, 11) is 0. The Morgan fingerprint density at radius 3 is 2.29 bits per heavy atom. The second kappa shape index (κ2) is 6.69. The van der Waals surface area contributed by atoms with Gasteiger partial charge in [0.05, 0.1) is 5.69 Å². The quantitative estimate of drug-likeness (QED) is 0.736. The standard InChI is InChI=1S/C13H13NO.C2H6/c1-11-7-8-13(10-15)14(11)9-12-5-3-2-4-6-12;1-2/h2-8,10H,9H2,1H3;1-2H3. The number of carbonyl (C=O) groups excluding carboxylic acids is 1. The molecule has 1 heterocycles. The first-order chi connectivity index (χ1) is 8.31. The molecule has 0 saturated heterocycles. The van der Waals surface area contributed by atoms with Crippen molar-refractivity contribution >= 4 is 6.29 Å². The average Bonchev–Trinajstić information content (AvgIpc) is 2.74. The molecule has 0 aliphatic carbocycles. The Hall–Kier alpha value is -1.83. The minimum Gasteiger partial charge on any atom is -0.338 e. The molecule has 1 aromatic heterocycles. The smallest absolute Gasteiger partial charge is 0.166 e. The Bertz CT molecular complexity index is 457. The topological polar surface area (TPSA) is 22.0 Å². The van der Waals surface area contributed by atoms with Crippen molar-refractivity contribution < 1.29 is 4.79 Å². The molecule has 2 nitrogen and oxygen atoms in total. The fourth-order valence-electron chi connectivity index (χ4n) is 1.67. The Kier molecular flexibility index (Phi) is 5.21. The summed E-state index contributed by atoms with van der Waals surface area (Å²) in [5, 5.41) is 0. The zero-order valence-electron chi connectivity index (χ0n) is 10.7. The van der Waals surface area contributed by atoms with Gasteiger partial charge in [-0.25, -0.2) is 0 Å². The van der Waals surface area contributed by atoms with Crippen LogP contribution >= 0.6 is 0 Å². The number of aromatic nitrogens is 1. The molecule has 0 spiro atoms. The highest BCUT2D eigenvalue weighted by Gasteiger charge is 2.03. The number of aldehydes is 1. The average molecular weight is 229 g/mol. The predicted octanol–water partition coefficient (Wildman–Crippen LogP) is 3.68. The molecule has 90 valence electrons. The van der Waals surface area contributed by atoms with E-state index in [1.54, 1.807) is 0 Å². The highest BCUT2D eigenvalue weighted by Crippen LogP contribution is 2.10. The van der Waals surface area contributed by atoms with Gasteiger partial charge in [0.25, 0.3) is 0 Å². The van der Waals surface area contributed by atoms with Crippen LogP contribution in [0, 0.1) is 6.92 Å². The molecular formula is C15H19NO. The minimum atomic E-state index is 0.733. The summed E-state index contributed by atoms with van der Waals surface area (Å²) in [4.78, 5) is 10.8. The molecule has 0 bridgehead atoms. The highest BCUT2D eigenvalue weighted by molar-refractivity contribution is 5.72. The molecule has 0 fully saturated rings. The maximum atomic E-state index is 10.8. The number of hydrogen-bond acceptors (Lipinski definition) is 1. The van der Waals surface area contributed by atoms with Crippen LogP contribution in [0.25, 0.3) is 0 Å². The summed E-state index contributed by atoms with van der Waals surface area (Å²) in [6.45, 7) is 6.77. The number of carbonyl (C=O) groups is 1. The van der Waals surface area contributed by atoms with Gasteiger partial charge in [-0.15, -0.1) is 0 Å². The molecule has 2 aromatic rings. The summed E-state index contributed by atoms with van der Waals surface area (Å²) in [6, 6.07) is 14.0. The van der Waals surface area contributed by atoms with Gasteiger partial charge in [0.15, 0.2) is 6.29 Å². The second-order valence-electron chi connectivity index (χ2n) is 3.59. The molecule has 0 aliphatic heterocycles. The van der Waals surface area contributed by atoms with E-state index in [1.165, 1.54) is 5.56 Å². The maximum absolute atomic E-state index is 10.8. The van der Waals surface area contributed by atoms with Crippen LogP contribution in [0.2, 0.25) is 0 Å². The predicted molar refractivity (Wildman–Crippen MR) is 71.4 cm³/mol. The summed E-state index contributed by atoms with van der Waals surface area (Å²) in [5.74, 6) is 0. The third kappa shape index (κ3) is 3.31. The Balaban J connectivity index is 0.000000686. The van der Waals surface area contributed by atoms with Crippen molar-refractivity contribution in [2.24, 2.45) is 0 Å². The maximum Gasteiger partial charge on any atom is 0.166 e. The van der Waals surface area contributed by atoms with Gasteiger partial charge < -0.3 is 4.57 Å². The van der Waals surface area contributed by atoms with Gasteiger partial charge in [0, 0.05) is 12.2 Å². The van der Waals surface area contributed by atoms with E-state index in [0.717, 1.165) is 24.2 Å². The second-order valence-corrected chi connectivity index (χ2v) is 3.59. The van der Waals surface area contributed by atoms with Crippen molar-refractivity contribution in [3.8, 4) is 0 Å². The molecule has 17 heavy (non-hydrogen) atoms. The summed E-state index contributed by atoms with van der Waals surface area (Å²) >= 11 is 0. The third-order valence-corrected chi connectivity index (χ3v) is 2.54. The largest absolute Gasteiger partial charge is 0.338 e. The normalized spacial score (nSPS) is 9.35. The lowest BCUT2D eigenvalue weighted by Crippen LogP contribution is -2.05. The molecule has 0 atom stereocenters. The number of rotatable bonds is 3. The molecule has 1 aromatic carbocycles. The minimum absolute atomic E-state index is 0.733. The van der Waals surface area contributed by atoms with Crippen molar-refractivity contribution in [3.63, 3.8) is 0 Å². The highest BCUT2D eigenvalue weighted by atomic mass is 16.1. The Labute approximate surface area is 103 Å². The lowest BCUT2D eigenvalue weighted by molar-refractivity contribution is 0.111. The molecule has 0 saturated carbocycles. The van der Waals surface area contributed by atoms with Gasteiger partial charge in [0.2, 0.25) is 0 Å². The Morgan fingerprint density at radius 1 is 1.06 bits per heavy atom. The van der Waals surface area contributed by atoms with Crippen LogP contribution in [0.15, 0.2) is 42.5 Å². The van der Waals surface area contributed by atoms with E-state index in [4.69, 9.17) is 0 Å². The molecule has 2 rings (SSSR count). The van der Waals surface area contributed by atoms with Gasteiger partial charge in [-0.2, -0.15) is 0 Å². The van der Waals surface area contributed by atoms with Crippen molar-refractivity contribution in [1.82, 2.24) is 4.57 Å². The fraction of sp³-hybridized carbons (Fsp3) is 0.267. The van der Waals surface area contributed by atoms with E-state index >= 15 is 0 Å². The van der Waals surface area contributed by atoms with Crippen LogP contribution in [-0.4, -0.2) is 10.9 Å². The molecule has 0 amide bonds. The van der Waals surface area contributed by atoms with E-state index in [0.29, 0.717) is 0 Å². The first-order valence-corrected chi connectivity index (χ1v) is 5.96. The Morgan fingerprint density at radius 2 is 1.71 bits per heavy atom. The van der Waals surface area contributed by atoms with E-state index in [2.05, 4.69) is 12.1 Å². The molecule has 0 unspecified atom stereocenters. The van der Waals surface area contributed by atoms with Gasteiger partial charge in [-0.05, 0) is 24.6 Å². The van der Waals surface area contributed by atoms with Gasteiger partial charge >= 0.3 is 0 Å². The first kappa shape index (κ1) is 13.2. The van der Waals surface area contributed by atoms with Crippen LogP contribution in [0.3, 0.4) is 0 Å². The van der Waals surface area contributed by atoms with Crippen molar-refractivity contribution in [2.45, 2.75) is 27.3 Å². The first-order valence-electron chi connectivity index (χ1n) is 5.96. The summed E-state index contributed by atoms with van der Waals surface area (Å²) < 4.78 is 2.02. The third-order valence-electron chi connectivity index (χ3n) is 2.54. The van der Waals surface area contributed by atoms with Crippen molar-refractivity contribution in [3.05, 3.63) is 59.4 Å².